The fraction of sp³-hybridized carbons (Fsp3) is 0.667. The Morgan fingerprint density at radius 1 is 1.54 bits per heavy atom. The predicted molar refractivity (Wildman–Crippen MR) is 91.9 cm³/mol. The van der Waals surface area contributed by atoms with E-state index in [2.05, 4.69) is 15.3 Å². The van der Waals surface area contributed by atoms with Crippen LogP contribution in [0.1, 0.15) is 27.2 Å². The zero-order valence-corrected chi connectivity index (χ0v) is 14.9. The van der Waals surface area contributed by atoms with Crippen LogP contribution in [0.3, 0.4) is 0 Å². The highest BCUT2D eigenvalue weighted by Gasteiger charge is 2.32. The van der Waals surface area contributed by atoms with Gasteiger partial charge in [0.1, 0.15) is 28.6 Å². The number of nitrogens with two attached hydrogens (primary N) is 1. The molecule has 0 saturated carbocycles. The van der Waals surface area contributed by atoms with Gasteiger partial charge >= 0.3 is 6.09 Å². The number of β-amino-alcohol motifs (C(OH)–C–C–N with tert-alkyl or cyclic N) is 1. The molecular weight excluding hydrogens is 334 g/mol. The molecule has 4 N–H and O–H groups in total. The Bertz CT molecular complexity index is 593. The minimum atomic E-state index is -0.656. The van der Waals surface area contributed by atoms with Crippen LogP contribution in [0.25, 0.3) is 0 Å². The van der Waals surface area contributed by atoms with Crippen LogP contribution < -0.4 is 11.1 Å². The van der Waals surface area contributed by atoms with Crippen molar-refractivity contribution in [3.8, 4) is 0 Å². The number of likely N-dealkylation sites (tertiary alicyclic amines) is 1. The number of ether oxygens (including phenoxy) is 1. The molecule has 1 aliphatic rings. The zero-order chi connectivity index (χ0) is 17.9. The molecule has 0 aromatic carbocycles. The molecule has 1 amide bonds. The maximum Gasteiger partial charge on any atom is 0.410 e. The number of rotatable bonds is 3. The highest BCUT2D eigenvalue weighted by molar-refractivity contribution is 6.35. The molecule has 1 aromatic heterocycles. The summed E-state index contributed by atoms with van der Waals surface area (Å²) in [6.07, 6.45) is 0.910. The van der Waals surface area contributed by atoms with E-state index in [0.29, 0.717) is 25.3 Å². The monoisotopic (exact) mass is 357 g/mol. The Balaban J connectivity index is 1.87. The lowest BCUT2D eigenvalue weighted by Crippen LogP contribution is -2.49. The molecule has 2 heterocycles. The van der Waals surface area contributed by atoms with Crippen molar-refractivity contribution in [1.29, 1.82) is 0 Å². The van der Waals surface area contributed by atoms with Gasteiger partial charge in [-0.25, -0.2) is 14.8 Å². The van der Waals surface area contributed by atoms with E-state index in [9.17, 15) is 9.90 Å². The highest BCUT2D eigenvalue weighted by Crippen LogP contribution is 2.25. The van der Waals surface area contributed by atoms with Gasteiger partial charge < -0.3 is 25.8 Å². The zero-order valence-electron chi connectivity index (χ0n) is 14.1. The maximum atomic E-state index is 12.1. The normalized spacial score (nSPS) is 21.5. The first-order chi connectivity index (χ1) is 11.2. The maximum absolute atomic E-state index is 12.1. The van der Waals surface area contributed by atoms with Gasteiger partial charge in [0.15, 0.2) is 0 Å². The smallest absolute Gasteiger partial charge is 0.410 e. The van der Waals surface area contributed by atoms with Crippen LogP contribution in [0.2, 0.25) is 5.02 Å². The number of carbonyl (C=O) groups is 1. The number of piperidine rings is 1. The third kappa shape index (κ3) is 4.85. The Labute approximate surface area is 146 Å². The second kappa shape index (κ2) is 7.40. The molecule has 1 aromatic rings. The third-order valence-corrected chi connectivity index (χ3v) is 4.09. The topological polar surface area (TPSA) is 114 Å². The summed E-state index contributed by atoms with van der Waals surface area (Å²) in [5.74, 6) is 0.608. The van der Waals surface area contributed by atoms with Crippen molar-refractivity contribution in [3.05, 3.63) is 11.3 Å². The van der Waals surface area contributed by atoms with Gasteiger partial charge in [-0.1, -0.05) is 11.6 Å². The van der Waals surface area contributed by atoms with E-state index in [1.807, 2.05) is 20.8 Å². The van der Waals surface area contributed by atoms with Crippen LogP contribution in [0.15, 0.2) is 6.33 Å². The number of carbonyl (C=O) groups excluding carboxylic acids is 1. The molecule has 1 aliphatic heterocycles. The van der Waals surface area contributed by atoms with Crippen LogP contribution in [-0.2, 0) is 4.74 Å². The molecule has 2 unspecified atom stereocenters. The minimum absolute atomic E-state index is 0.0315. The SMILES string of the molecule is CC(C)(C)OC(=O)N1CCC(CNc2ncnc(N)c2Cl)C(O)C1. The molecule has 8 nitrogen and oxygen atoms in total. The lowest BCUT2D eigenvalue weighted by Gasteiger charge is -2.36. The van der Waals surface area contributed by atoms with Gasteiger partial charge in [0.25, 0.3) is 0 Å². The van der Waals surface area contributed by atoms with Crippen molar-refractivity contribution >= 4 is 29.3 Å². The molecule has 0 radical (unpaired) electrons. The second-order valence-electron chi connectivity index (χ2n) is 6.84. The van der Waals surface area contributed by atoms with Crippen LogP contribution in [-0.4, -0.2) is 57.4 Å². The Kier molecular flexibility index (Phi) is 5.71. The Hall–Kier alpha value is -1.80. The van der Waals surface area contributed by atoms with Gasteiger partial charge in [-0.15, -0.1) is 0 Å². The van der Waals surface area contributed by atoms with Crippen molar-refractivity contribution < 1.29 is 14.6 Å². The summed E-state index contributed by atoms with van der Waals surface area (Å²) in [4.78, 5) is 21.4. The quantitative estimate of drug-likeness (QED) is 0.754. The summed E-state index contributed by atoms with van der Waals surface area (Å²) < 4.78 is 5.33. The van der Waals surface area contributed by atoms with Crippen molar-refractivity contribution in [1.82, 2.24) is 14.9 Å². The van der Waals surface area contributed by atoms with E-state index >= 15 is 0 Å². The van der Waals surface area contributed by atoms with Gasteiger partial charge in [-0.3, -0.25) is 0 Å². The fourth-order valence-electron chi connectivity index (χ4n) is 2.45. The van der Waals surface area contributed by atoms with Crippen LogP contribution in [0.4, 0.5) is 16.4 Å². The largest absolute Gasteiger partial charge is 0.444 e. The molecule has 1 fully saturated rings. The lowest BCUT2D eigenvalue weighted by atomic mass is 9.94. The van der Waals surface area contributed by atoms with Crippen molar-refractivity contribution in [2.45, 2.75) is 38.9 Å². The molecule has 1 saturated heterocycles. The first-order valence-corrected chi connectivity index (χ1v) is 8.21. The second-order valence-corrected chi connectivity index (χ2v) is 7.22. The van der Waals surface area contributed by atoms with Gasteiger partial charge in [0.2, 0.25) is 0 Å². The Morgan fingerprint density at radius 2 is 2.25 bits per heavy atom. The van der Waals surface area contributed by atoms with E-state index in [1.165, 1.54) is 11.2 Å². The predicted octanol–water partition coefficient (Wildman–Crippen LogP) is 1.74. The number of anilines is 2. The van der Waals surface area contributed by atoms with E-state index < -0.39 is 17.8 Å². The van der Waals surface area contributed by atoms with E-state index in [1.54, 1.807) is 0 Å². The summed E-state index contributed by atoms with van der Waals surface area (Å²) in [6, 6.07) is 0. The third-order valence-electron chi connectivity index (χ3n) is 3.72. The van der Waals surface area contributed by atoms with E-state index in [0.717, 1.165) is 0 Å². The number of nitrogen functional groups attached to an aromatic ring is 1. The molecule has 2 atom stereocenters. The van der Waals surface area contributed by atoms with Crippen LogP contribution >= 0.6 is 11.6 Å². The van der Waals surface area contributed by atoms with Gasteiger partial charge in [0.05, 0.1) is 12.6 Å². The molecule has 134 valence electrons. The number of nitrogens with zero attached hydrogens (tertiary/aromatic N) is 3. The molecule has 0 spiro atoms. The summed E-state index contributed by atoms with van der Waals surface area (Å²) in [5.41, 5.74) is 5.08. The van der Waals surface area contributed by atoms with Crippen LogP contribution in [0.5, 0.6) is 0 Å². The number of nitrogens with one attached hydrogen (secondary N) is 1. The van der Waals surface area contributed by atoms with E-state index in [-0.39, 0.29) is 23.3 Å². The summed E-state index contributed by atoms with van der Waals surface area (Å²) in [7, 11) is 0. The summed E-state index contributed by atoms with van der Waals surface area (Å²) in [6.45, 7) is 6.68. The average Bonchev–Trinajstić information content (AvgIpc) is 2.48. The van der Waals surface area contributed by atoms with Gasteiger partial charge in [-0.05, 0) is 27.2 Å². The van der Waals surface area contributed by atoms with Crippen molar-refractivity contribution in [2.75, 3.05) is 30.7 Å². The molecule has 24 heavy (non-hydrogen) atoms. The molecular formula is C15H24ClN5O3. The molecule has 9 heteroatoms. The minimum Gasteiger partial charge on any atom is -0.444 e. The number of hydrogen-bond donors (Lipinski definition) is 3. The van der Waals surface area contributed by atoms with Crippen molar-refractivity contribution in [3.63, 3.8) is 0 Å². The summed E-state index contributed by atoms with van der Waals surface area (Å²) in [5, 5.41) is 13.6. The Morgan fingerprint density at radius 3 is 2.88 bits per heavy atom. The van der Waals surface area contributed by atoms with E-state index in [4.69, 9.17) is 22.1 Å². The van der Waals surface area contributed by atoms with Gasteiger partial charge in [-0.2, -0.15) is 0 Å². The van der Waals surface area contributed by atoms with Crippen molar-refractivity contribution in [2.24, 2.45) is 5.92 Å². The molecule has 0 aliphatic carbocycles. The number of amides is 1. The summed E-state index contributed by atoms with van der Waals surface area (Å²) >= 11 is 6.03. The van der Waals surface area contributed by atoms with Crippen LogP contribution in [0, 0.1) is 5.92 Å². The number of aromatic nitrogens is 2. The van der Waals surface area contributed by atoms with Gasteiger partial charge in [0, 0.05) is 19.0 Å². The average molecular weight is 358 g/mol. The number of aliphatic hydroxyl groups excluding tert-OH is 1. The molecule has 2 rings (SSSR count). The number of aliphatic hydroxyl groups is 1. The molecule has 0 bridgehead atoms. The number of hydrogen-bond acceptors (Lipinski definition) is 7. The fourth-order valence-corrected chi connectivity index (χ4v) is 2.61. The highest BCUT2D eigenvalue weighted by atomic mass is 35.5. The lowest BCUT2D eigenvalue weighted by molar-refractivity contribution is -0.0104. The first-order valence-electron chi connectivity index (χ1n) is 7.83. The standard InChI is InChI=1S/C15H24ClN5O3/c1-15(2,3)24-14(23)21-5-4-9(10(22)7-21)6-18-13-11(16)12(17)19-8-20-13/h8-10,22H,4-7H2,1-3H3,(H3,17,18,19,20). The first kappa shape index (κ1) is 18.5. The number of halogens is 1.